The topological polar surface area (TPSA) is 93.7 Å². The van der Waals surface area contributed by atoms with Gasteiger partial charge in [0.2, 0.25) is 17.6 Å². The number of benzene rings is 1. The van der Waals surface area contributed by atoms with Crippen molar-refractivity contribution in [1.29, 1.82) is 0 Å². The zero-order valence-electron chi connectivity index (χ0n) is 14.8. The Balaban J connectivity index is 1.51. The molecule has 2 aliphatic rings. The van der Waals surface area contributed by atoms with Gasteiger partial charge in [0.05, 0.1) is 18.5 Å². The molecule has 2 atom stereocenters. The minimum absolute atomic E-state index is 0.187. The fourth-order valence-electron chi connectivity index (χ4n) is 3.04. The van der Waals surface area contributed by atoms with E-state index in [2.05, 4.69) is 10.6 Å². The molecule has 0 radical (unpaired) electrons. The smallest absolute Gasteiger partial charge is 0.337 e. The van der Waals surface area contributed by atoms with E-state index in [1.807, 2.05) is 30.3 Å². The molecular weight excluding hydrogens is 336 g/mol. The van der Waals surface area contributed by atoms with Crippen molar-refractivity contribution in [2.45, 2.75) is 51.0 Å². The molecule has 2 heterocycles. The highest BCUT2D eigenvalue weighted by molar-refractivity contribution is 5.93. The third kappa shape index (κ3) is 4.41. The van der Waals surface area contributed by atoms with E-state index in [1.54, 1.807) is 13.8 Å². The Bertz CT molecular complexity index is 742. The Kier molecular flexibility index (Phi) is 4.97. The van der Waals surface area contributed by atoms with Gasteiger partial charge >= 0.3 is 5.97 Å². The van der Waals surface area contributed by atoms with Crippen LogP contribution in [0.1, 0.15) is 32.3 Å². The van der Waals surface area contributed by atoms with Gasteiger partial charge in [0, 0.05) is 20.3 Å². The normalized spacial score (nSPS) is 23.7. The molecule has 2 N–H and O–H groups in total. The first kappa shape index (κ1) is 18.0. The van der Waals surface area contributed by atoms with Crippen LogP contribution in [0.25, 0.3) is 0 Å². The first-order valence-corrected chi connectivity index (χ1v) is 8.59. The van der Waals surface area contributed by atoms with E-state index in [-0.39, 0.29) is 24.3 Å². The maximum atomic E-state index is 12.2. The Morgan fingerprint density at radius 2 is 1.92 bits per heavy atom. The summed E-state index contributed by atoms with van der Waals surface area (Å²) in [6.07, 6.45) is 2.56. The number of carbonyl (C=O) groups excluding carboxylic acids is 3. The van der Waals surface area contributed by atoms with Crippen LogP contribution in [0.2, 0.25) is 0 Å². The summed E-state index contributed by atoms with van der Waals surface area (Å²) in [4.78, 5) is 35.5. The highest BCUT2D eigenvalue weighted by Gasteiger charge is 2.40. The van der Waals surface area contributed by atoms with Gasteiger partial charge in [0.25, 0.3) is 0 Å². The molecule has 26 heavy (non-hydrogen) atoms. The molecule has 0 bridgehead atoms. The molecule has 1 fully saturated rings. The molecule has 0 unspecified atom stereocenters. The molecule has 2 aliphatic heterocycles. The van der Waals surface area contributed by atoms with Crippen LogP contribution in [0.3, 0.4) is 0 Å². The van der Waals surface area contributed by atoms with Crippen molar-refractivity contribution < 1.29 is 23.9 Å². The van der Waals surface area contributed by atoms with Gasteiger partial charge in [-0.15, -0.1) is 0 Å². The number of β-lactam (4-membered cyclic amide) rings is 1. The maximum absolute atomic E-state index is 12.2. The largest absolute Gasteiger partial charge is 0.457 e. The van der Waals surface area contributed by atoms with Crippen molar-refractivity contribution in [1.82, 2.24) is 10.6 Å². The fourth-order valence-corrected chi connectivity index (χ4v) is 3.04. The predicted molar refractivity (Wildman–Crippen MR) is 92.6 cm³/mol. The maximum Gasteiger partial charge on any atom is 0.337 e. The molecule has 1 aromatic rings. The lowest BCUT2D eigenvalue weighted by Crippen LogP contribution is -2.69. The van der Waals surface area contributed by atoms with E-state index >= 15 is 0 Å². The number of esters is 1. The third-order valence-electron chi connectivity index (χ3n) is 4.24. The molecule has 7 nitrogen and oxygen atoms in total. The minimum atomic E-state index is -0.993. The first-order chi connectivity index (χ1) is 12.3. The number of nitrogens with one attached hydrogen (secondary N) is 2. The zero-order valence-corrected chi connectivity index (χ0v) is 14.8. The van der Waals surface area contributed by atoms with E-state index in [1.165, 1.54) is 6.08 Å². The van der Waals surface area contributed by atoms with Crippen molar-refractivity contribution in [2.75, 3.05) is 0 Å². The molecule has 2 amide bonds. The lowest BCUT2D eigenvalue weighted by Gasteiger charge is -2.38. The highest BCUT2D eigenvalue weighted by Crippen LogP contribution is 2.26. The quantitative estimate of drug-likeness (QED) is 0.588. The fraction of sp³-hybridized carbons (Fsp3) is 0.421. The monoisotopic (exact) mass is 358 g/mol. The van der Waals surface area contributed by atoms with E-state index in [9.17, 15) is 14.4 Å². The van der Waals surface area contributed by atoms with Gasteiger partial charge in [0.1, 0.15) is 11.8 Å². The highest BCUT2D eigenvalue weighted by atomic mass is 16.7. The Morgan fingerprint density at radius 1 is 1.19 bits per heavy atom. The van der Waals surface area contributed by atoms with E-state index in [0.29, 0.717) is 18.6 Å². The average molecular weight is 358 g/mol. The number of hydrogen-bond acceptors (Lipinski definition) is 5. The summed E-state index contributed by atoms with van der Waals surface area (Å²) < 4.78 is 10.6. The molecule has 0 aliphatic carbocycles. The summed E-state index contributed by atoms with van der Waals surface area (Å²) in [6.45, 7) is 3.32. The molecule has 7 heteroatoms. The van der Waals surface area contributed by atoms with Crippen molar-refractivity contribution in [3.63, 3.8) is 0 Å². The van der Waals surface area contributed by atoms with Gasteiger partial charge in [0.15, 0.2) is 0 Å². The van der Waals surface area contributed by atoms with Gasteiger partial charge in [-0.3, -0.25) is 9.59 Å². The van der Waals surface area contributed by atoms with Crippen LogP contribution in [0, 0.1) is 0 Å². The van der Waals surface area contributed by atoms with Crippen LogP contribution < -0.4 is 10.6 Å². The van der Waals surface area contributed by atoms with Crippen molar-refractivity contribution in [2.24, 2.45) is 0 Å². The Morgan fingerprint density at radius 3 is 2.58 bits per heavy atom. The molecule has 3 rings (SSSR count). The summed E-state index contributed by atoms with van der Waals surface area (Å²) in [7, 11) is 0. The number of ether oxygens (including phenoxy) is 2. The predicted octanol–water partition coefficient (Wildman–Crippen LogP) is 1.19. The van der Waals surface area contributed by atoms with Gasteiger partial charge in [-0.2, -0.15) is 0 Å². The molecule has 0 spiro atoms. The summed E-state index contributed by atoms with van der Waals surface area (Å²) in [5.41, 5.74) is 0.891. The van der Waals surface area contributed by atoms with Crippen molar-refractivity contribution >= 4 is 17.8 Å². The third-order valence-corrected chi connectivity index (χ3v) is 4.24. The van der Waals surface area contributed by atoms with Crippen LogP contribution in [0.5, 0.6) is 0 Å². The van der Waals surface area contributed by atoms with Gasteiger partial charge in [-0.1, -0.05) is 30.3 Å². The lowest BCUT2D eigenvalue weighted by molar-refractivity contribution is -0.206. The SMILES string of the molecule is CC1(C)OC(=O)C=C(CC[C@H]2NC(=O)[C@H]2NC(=O)Cc2ccccc2)O1. The van der Waals surface area contributed by atoms with Crippen molar-refractivity contribution in [3.05, 3.63) is 47.7 Å². The Hall–Kier alpha value is -2.83. The number of carbonyl (C=O) groups is 3. The van der Waals surface area contributed by atoms with Gasteiger partial charge in [-0.25, -0.2) is 4.79 Å². The molecule has 1 aromatic carbocycles. The van der Waals surface area contributed by atoms with Gasteiger partial charge < -0.3 is 20.1 Å². The molecular formula is C19H22N2O5. The Labute approximate surface area is 151 Å². The van der Waals surface area contributed by atoms with Crippen LogP contribution >= 0.6 is 0 Å². The number of rotatable bonds is 6. The second kappa shape index (κ2) is 7.19. The lowest BCUT2D eigenvalue weighted by atomic mass is 9.93. The van der Waals surface area contributed by atoms with Crippen LogP contribution in [-0.2, 0) is 30.3 Å². The number of allylic oxidation sites excluding steroid dienone is 1. The van der Waals surface area contributed by atoms with Crippen LogP contribution in [-0.4, -0.2) is 35.7 Å². The molecule has 138 valence electrons. The standard InChI is InChI=1S/C19H22N2O5/c1-19(2)25-13(11-16(23)26-19)8-9-14-17(18(24)20-14)21-15(22)10-12-6-4-3-5-7-12/h3-7,11,14,17H,8-10H2,1-2H3,(H,20,24)(H,21,22)/t14-,17+/m1/s1. The number of hydrogen-bond donors (Lipinski definition) is 2. The summed E-state index contributed by atoms with van der Waals surface area (Å²) >= 11 is 0. The van der Waals surface area contributed by atoms with Crippen molar-refractivity contribution in [3.8, 4) is 0 Å². The minimum Gasteiger partial charge on any atom is -0.457 e. The zero-order chi connectivity index (χ0) is 18.7. The summed E-state index contributed by atoms with van der Waals surface area (Å²) in [5.74, 6) is -1.31. The number of amides is 2. The molecule has 0 aromatic heterocycles. The molecule has 1 saturated heterocycles. The number of cyclic esters (lactones) is 1. The van der Waals surface area contributed by atoms with E-state index in [0.717, 1.165) is 5.56 Å². The van der Waals surface area contributed by atoms with E-state index < -0.39 is 17.8 Å². The second-order valence-corrected chi connectivity index (χ2v) is 6.89. The summed E-state index contributed by atoms with van der Waals surface area (Å²) in [6, 6.07) is 8.60. The first-order valence-electron chi connectivity index (χ1n) is 8.59. The second-order valence-electron chi connectivity index (χ2n) is 6.89. The van der Waals surface area contributed by atoms with Crippen LogP contribution in [0.15, 0.2) is 42.2 Å². The van der Waals surface area contributed by atoms with Gasteiger partial charge in [-0.05, 0) is 12.0 Å². The van der Waals surface area contributed by atoms with Crippen LogP contribution in [0.4, 0.5) is 0 Å². The average Bonchev–Trinajstić information content (AvgIpc) is 2.55. The summed E-state index contributed by atoms with van der Waals surface area (Å²) in [5, 5.41) is 5.56. The molecule has 0 saturated carbocycles. The van der Waals surface area contributed by atoms with E-state index in [4.69, 9.17) is 9.47 Å².